The normalized spacial score (nSPS) is 20.6. The minimum atomic E-state index is 0.304. The molecule has 0 fully saturated rings. The number of rotatable bonds is 7. The van der Waals surface area contributed by atoms with Gasteiger partial charge in [-0.2, -0.15) is 0 Å². The van der Waals surface area contributed by atoms with Crippen LogP contribution < -0.4 is 0 Å². The second-order valence-corrected chi connectivity index (χ2v) is 16.8. The molecule has 6 aromatic carbocycles. The second kappa shape index (κ2) is 14.7. The molecule has 2 heteroatoms. The summed E-state index contributed by atoms with van der Waals surface area (Å²) in [5, 5.41) is 0. The highest BCUT2D eigenvalue weighted by molar-refractivity contribution is 5.84. The standard InChI is InChI=1S/C59H42N2/c1-4-14-38(15-5-1)43-20-12-22-46(32-43)51-35-54-49-31-30-45(34-52(49)53-36-55(53)58(54)50-25-11-10-24-48(50)51)40-26-28-41(29-27-40)56-37-57(61-59(60-56)42-18-8-3-9-19-42)47-23-13-21-44(33-47)39-16-6-2-7-17-39/h1-33,35-37,45,48,50,55H,34H2/t45?,48?,50?,55-/m1/s1. The molecule has 12 rings (SSSR count). The van der Waals surface area contributed by atoms with Gasteiger partial charge in [-0.3, -0.25) is 0 Å². The van der Waals surface area contributed by atoms with Crippen molar-refractivity contribution in [2.45, 2.75) is 12.3 Å². The first-order valence-electron chi connectivity index (χ1n) is 21.5. The third-order valence-corrected chi connectivity index (χ3v) is 13.2. The Bertz CT molecular complexity index is 3080. The Hall–Kier alpha value is -7.42. The smallest absolute Gasteiger partial charge is 0.160 e. The van der Waals surface area contributed by atoms with Crippen molar-refractivity contribution in [1.29, 1.82) is 0 Å². The third kappa shape index (κ3) is 6.44. The van der Waals surface area contributed by atoms with Gasteiger partial charge in [-0.25, -0.2) is 9.97 Å². The van der Waals surface area contributed by atoms with Crippen LogP contribution in [0.5, 0.6) is 0 Å². The third-order valence-electron chi connectivity index (χ3n) is 13.2. The quantitative estimate of drug-likeness (QED) is 0.161. The van der Waals surface area contributed by atoms with Crippen LogP contribution in [0.2, 0.25) is 0 Å². The maximum atomic E-state index is 5.15. The van der Waals surface area contributed by atoms with Gasteiger partial charge < -0.3 is 0 Å². The van der Waals surface area contributed by atoms with Crippen molar-refractivity contribution in [3.63, 3.8) is 0 Å². The van der Waals surface area contributed by atoms with Crippen LogP contribution in [0, 0.1) is 17.8 Å². The first kappa shape index (κ1) is 35.5. The van der Waals surface area contributed by atoms with Crippen LogP contribution in [-0.2, 0) is 0 Å². The van der Waals surface area contributed by atoms with Crippen molar-refractivity contribution in [1.82, 2.24) is 9.97 Å². The summed E-state index contributed by atoms with van der Waals surface area (Å²) >= 11 is 0. The Kier molecular flexibility index (Phi) is 8.55. The zero-order valence-electron chi connectivity index (χ0n) is 33.7. The van der Waals surface area contributed by atoms with Crippen LogP contribution in [0.1, 0.15) is 23.5 Å². The molecule has 4 atom stereocenters. The minimum absolute atomic E-state index is 0.304. The van der Waals surface area contributed by atoms with Gasteiger partial charge in [0.05, 0.1) is 11.4 Å². The summed E-state index contributed by atoms with van der Waals surface area (Å²) in [5.41, 5.74) is 21.4. The van der Waals surface area contributed by atoms with Crippen LogP contribution in [0.25, 0.3) is 61.7 Å². The number of nitrogens with zero attached hydrogens (tertiary/aromatic N) is 2. The summed E-state index contributed by atoms with van der Waals surface area (Å²) in [5.74, 6) is 2.17. The number of hydrogen-bond acceptors (Lipinski definition) is 2. The van der Waals surface area contributed by atoms with Crippen LogP contribution in [0.4, 0.5) is 0 Å². The fraction of sp³-hybridized carbons (Fsp3) is 0.0847. The molecule has 5 aliphatic rings. The molecule has 0 saturated heterocycles. The first-order chi connectivity index (χ1) is 30.2. The largest absolute Gasteiger partial charge is 0.228 e. The lowest BCUT2D eigenvalue weighted by atomic mass is 9.65. The molecule has 0 N–H and O–H groups in total. The van der Waals surface area contributed by atoms with E-state index in [0.717, 1.165) is 40.3 Å². The molecular weight excluding hydrogens is 737 g/mol. The number of hydrogen-bond donors (Lipinski definition) is 0. The number of fused-ring (bicyclic) bond motifs is 6. The van der Waals surface area contributed by atoms with Gasteiger partial charge in [0.25, 0.3) is 0 Å². The highest BCUT2D eigenvalue weighted by atomic mass is 14.9. The SMILES string of the molecule is C1=CC2C(c3cccc(-c4ccccc4)c3)=CC3=C(C2C=C1)[C@@H]1C=C1C1=C3C=CC(c2ccc(-c3cc(-c4cccc(-c5ccccc5)c4)nc(-c4ccccc4)n3)cc2)C1. The number of aromatic nitrogens is 2. The van der Waals surface area contributed by atoms with E-state index in [0.29, 0.717) is 23.7 Å². The van der Waals surface area contributed by atoms with E-state index in [1.165, 1.54) is 55.7 Å². The number of benzene rings is 6. The summed E-state index contributed by atoms with van der Waals surface area (Å²) in [6.45, 7) is 0. The predicted octanol–water partition coefficient (Wildman–Crippen LogP) is 14.5. The molecule has 0 saturated carbocycles. The Morgan fingerprint density at radius 3 is 1.69 bits per heavy atom. The molecule has 0 aliphatic heterocycles. The minimum Gasteiger partial charge on any atom is -0.228 e. The molecule has 288 valence electrons. The summed E-state index contributed by atoms with van der Waals surface area (Å²) in [6.07, 6.45) is 20.3. The monoisotopic (exact) mass is 778 g/mol. The average molecular weight is 779 g/mol. The molecule has 1 heterocycles. The molecule has 5 aliphatic carbocycles. The fourth-order valence-electron chi connectivity index (χ4n) is 10.1. The topological polar surface area (TPSA) is 25.8 Å². The van der Waals surface area contributed by atoms with E-state index in [4.69, 9.17) is 9.97 Å². The highest BCUT2D eigenvalue weighted by Crippen LogP contribution is 2.59. The van der Waals surface area contributed by atoms with E-state index in [9.17, 15) is 0 Å². The lowest BCUT2D eigenvalue weighted by Gasteiger charge is -2.39. The van der Waals surface area contributed by atoms with Gasteiger partial charge in [-0.05, 0) is 97.5 Å². The Labute approximate surface area is 357 Å². The van der Waals surface area contributed by atoms with Crippen LogP contribution in [0.3, 0.4) is 0 Å². The summed E-state index contributed by atoms with van der Waals surface area (Å²) in [4.78, 5) is 10.3. The highest BCUT2D eigenvalue weighted by Gasteiger charge is 2.46. The first-order valence-corrected chi connectivity index (χ1v) is 21.5. The van der Waals surface area contributed by atoms with Crippen LogP contribution >= 0.6 is 0 Å². The van der Waals surface area contributed by atoms with Crippen molar-refractivity contribution < 1.29 is 0 Å². The predicted molar refractivity (Wildman–Crippen MR) is 251 cm³/mol. The Balaban J connectivity index is 0.862. The Morgan fingerprint density at radius 1 is 0.426 bits per heavy atom. The fourth-order valence-corrected chi connectivity index (χ4v) is 10.1. The molecular formula is C59H42N2. The van der Waals surface area contributed by atoms with Gasteiger partial charge in [0, 0.05) is 40.4 Å². The molecule has 0 bridgehead atoms. The molecule has 3 unspecified atom stereocenters. The van der Waals surface area contributed by atoms with E-state index in [2.05, 4.69) is 200 Å². The molecule has 7 aromatic rings. The van der Waals surface area contributed by atoms with E-state index in [1.54, 1.807) is 11.1 Å². The van der Waals surface area contributed by atoms with Crippen molar-refractivity contribution in [2.75, 3.05) is 0 Å². The van der Waals surface area contributed by atoms with E-state index < -0.39 is 0 Å². The summed E-state index contributed by atoms with van der Waals surface area (Å²) in [7, 11) is 0. The van der Waals surface area contributed by atoms with Gasteiger partial charge >= 0.3 is 0 Å². The van der Waals surface area contributed by atoms with Gasteiger partial charge in [-0.1, -0.05) is 194 Å². The van der Waals surface area contributed by atoms with Crippen molar-refractivity contribution in [3.05, 3.63) is 257 Å². The van der Waals surface area contributed by atoms with Crippen LogP contribution in [-0.4, -0.2) is 9.97 Å². The van der Waals surface area contributed by atoms with Gasteiger partial charge in [0.1, 0.15) is 0 Å². The van der Waals surface area contributed by atoms with Gasteiger partial charge in [-0.15, -0.1) is 0 Å². The van der Waals surface area contributed by atoms with E-state index in [1.807, 2.05) is 18.2 Å². The molecule has 61 heavy (non-hydrogen) atoms. The molecule has 1 aromatic heterocycles. The summed E-state index contributed by atoms with van der Waals surface area (Å²) < 4.78 is 0. The van der Waals surface area contributed by atoms with Crippen molar-refractivity contribution >= 4 is 5.57 Å². The maximum absolute atomic E-state index is 5.15. The second-order valence-electron chi connectivity index (χ2n) is 16.8. The lowest BCUT2D eigenvalue weighted by molar-refractivity contribution is 0.600. The van der Waals surface area contributed by atoms with Crippen molar-refractivity contribution in [3.8, 4) is 56.2 Å². The van der Waals surface area contributed by atoms with Crippen LogP contribution in [0.15, 0.2) is 246 Å². The average Bonchev–Trinajstić information content (AvgIpc) is 4.16. The Morgan fingerprint density at radius 2 is 1.00 bits per heavy atom. The molecule has 2 nitrogen and oxygen atoms in total. The molecule has 0 amide bonds. The zero-order valence-corrected chi connectivity index (χ0v) is 33.7. The molecule has 0 spiro atoms. The van der Waals surface area contributed by atoms with E-state index >= 15 is 0 Å². The lowest BCUT2D eigenvalue weighted by Crippen LogP contribution is -2.26. The van der Waals surface area contributed by atoms with Crippen molar-refractivity contribution in [2.24, 2.45) is 17.8 Å². The van der Waals surface area contributed by atoms with Gasteiger partial charge in [0.15, 0.2) is 5.82 Å². The van der Waals surface area contributed by atoms with E-state index in [-0.39, 0.29) is 0 Å². The molecule has 0 radical (unpaired) electrons. The zero-order chi connectivity index (χ0) is 40.3. The maximum Gasteiger partial charge on any atom is 0.160 e. The summed E-state index contributed by atoms with van der Waals surface area (Å²) in [6, 6.07) is 60.6. The number of allylic oxidation sites excluding steroid dienone is 14. The van der Waals surface area contributed by atoms with Gasteiger partial charge in [0.2, 0.25) is 0 Å².